The lowest BCUT2D eigenvalue weighted by Crippen LogP contribution is -2.33. The molecule has 0 bridgehead atoms. The number of amides is 1. The second kappa shape index (κ2) is 9.72. The first-order chi connectivity index (χ1) is 16.5. The first-order valence-electron chi connectivity index (χ1n) is 11.5. The zero-order valence-corrected chi connectivity index (χ0v) is 18.5. The lowest BCUT2D eigenvalue weighted by molar-refractivity contribution is 0.0251. The predicted molar refractivity (Wildman–Crippen MR) is 118 cm³/mol. The number of nitrogens with zero attached hydrogens (tertiary/aromatic N) is 5. The Bertz CT molecular complexity index is 1150. The molecule has 10 nitrogen and oxygen atoms in total. The van der Waals surface area contributed by atoms with Crippen molar-refractivity contribution in [3.8, 4) is 0 Å². The average molecular weight is 476 g/mol. The lowest BCUT2D eigenvalue weighted by atomic mass is 9.87. The van der Waals surface area contributed by atoms with Crippen molar-refractivity contribution in [1.29, 1.82) is 0 Å². The summed E-state index contributed by atoms with van der Waals surface area (Å²) in [6.45, 7) is 2.07. The normalized spacial score (nSPS) is 23.5. The largest absolute Gasteiger partial charge is 0.396 e. The number of halogens is 2. The van der Waals surface area contributed by atoms with Crippen LogP contribution in [0.2, 0.25) is 0 Å². The molecule has 3 aromatic heterocycles. The van der Waals surface area contributed by atoms with Crippen LogP contribution in [0.3, 0.4) is 0 Å². The number of aromatic nitrogens is 5. The summed E-state index contributed by atoms with van der Waals surface area (Å²) in [6.07, 6.45) is 4.54. The third-order valence-electron chi connectivity index (χ3n) is 6.56. The van der Waals surface area contributed by atoms with E-state index in [1.807, 2.05) is 0 Å². The molecule has 1 saturated heterocycles. The second-order valence-electron chi connectivity index (χ2n) is 8.76. The number of nitrogens with one attached hydrogen (secondary N) is 2. The van der Waals surface area contributed by atoms with Gasteiger partial charge in [0.05, 0.1) is 30.2 Å². The van der Waals surface area contributed by atoms with Crippen molar-refractivity contribution in [3.63, 3.8) is 0 Å². The first kappa shape index (κ1) is 22.8. The zero-order chi connectivity index (χ0) is 23.7. The van der Waals surface area contributed by atoms with Crippen LogP contribution in [-0.4, -0.2) is 61.7 Å². The number of ether oxygens (including phenoxy) is 1. The number of rotatable bonds is 6. The van der Waals surface area contributed by atoms with Gasteiger partial charge in [-0.3, -0.25) is 9.48 Å². The monoisotopic (exact) mass is 475 g/mol. The van der Waals surface area contributed by atoms with Gasteiger partial charge in [0.15, 0.2) is 11.3 Å². The Kier molecular flexibility index (Phi) is 6.53. The molecule has 2 aliphatic rings. The van der Waals surface area contributed by atoms with E-state index in [2.05, 4.69) is 25.8 Å². The van der Waals surface area contributed by atoms with Crippen molar-refractivity contribution in [3.05, 3.63) is 41.6 Å². The van der Waals surface area contributed by atoms with E-state index in [-0.39, 0.29) is 35.9 Å². The van der Waals surface area contributed by atoms with Crippen molar-refractivity contribution in [2.24, 2.45) is 5.92 Å². The number of aliphatic hydroxyl groups excluding tert-OH is 1. The maximum Gasteiger partial charge on any atom is 0.284 e. The van der Waals surface area contributed by atoms with Crippen LogP contribution in [0.4, 0.5) is 14.5 Å². The number of aliphatic hydroxyl groups is 1. The Balaban J connectivity index is 1.38. The highest BCUT2D eigenvalue weighted by Gasteiger charge is 2.27. The Morgan fingerprint density at radius 3 is 2.85 bits per heavy atom. The molecule has 0 radical (unpaired) electrons. The summed E-state index contributed by atoms with van der Waals surface area (Å²) in [5.74, 6) is -0.351. The fourth-order valence-corrected chi connectivity index (χ4v) is 4.61. The van der Waals surface area contributed by atoms with E-state index >= 15 is 0 Å². The number of alkyl halides is 2. The molecule has 1 unspecified atom stereocenters. The van der Waals surface area contributed by atoms with Gasteiger partial charge >= 0.3 is 0 Å². The van der Waals surface area contributed by atoms with Crippen LogP contribution in [0.1, 0.15) is 66.0 Å². The van der Waals surface area contributed by atoms with Crippen LogP contribution >= 0.6 is 0 Å². The van der Waals surface area contributed by atoms with Gasteiger partial charge in [-0.25, -0.2) is 18.3 Å². The van der Waals surface area contributed by atoms with Crippen LogP contribution in [0.25, 0.3) is 5.65 Å². The smallest absolute Gasteiger partial charge is 0.284 e. The van der Waals surface area contributed by atoms with Gasteiger partial charge in [-0.2, -0.15) is 10.2 Å². The lowest BCUT2D eigenvalue weighted by Gasteiger charge is -2.27. The molecule has 182 valence electrons. The summed E-state index contributed by atoms with van der Waals surface area (Å²) in [5.41, 5.74) is 0.650. The Hall–Kier alpha value is -2.96. The summed E-state index contributed by atoms with van der Waals surface area (Å²) in [6, 6.07) is 1.74. The van der Waals surface area contributed by atoms with Crippen LogP contribution in [0.15, 0.2) is 24.7 Å². The quantitative estimate of drug-likeness (QED) is 0.501. The van der Waals surface area contributed by atoms with Crippen LogP contribution in [0.5, 0.6) is 0 Å². The van der Waals surface area contributed by atoms with Crippen molar-refractivity contribution in [2.45, 2.75) is 44.3 Å². The maximum atomic E-state index is 13.7. The number of hydrogen-bond acceptors (Lipinski definition) is 7. The van der Waals surface area contributed by atoms with Gasteiger partial charge in [0.1, 0.15) is 11.7 Å². The van der Waals surface area contributed by atoms with Gasteiger partial charge in [0, 0.05) is 32.1 Å². The average Bonchev–Trinajstić information content (AvgIpc) is 3.49. The van der Waals surface area contributed by atoms with Gasteiger partial charge in [-0.15, -0.1) is 0 Å². The molecule has 1 atom stereocenters. The fraction of sp³-hybridized carbons (Fsp3) is 0.545. The molecule has 1 aliphatic carbocycles. The number of carbonyl (C=O) groups is 1. The highest BCUT2D eigenvalue weighted by molar-refractivity contribution is 6.08. The van der Waals surface area contributed by atoms with Crippen molar-refractivity contribution in [2.75, 3.05) is 31.6 Å². The Morgan fingerprint density at radius 2 is 2.15 bits per heavy atom. The van der Waals surface area contributed by atoms with E-state index in [1.54, 1.807) is 12.3 Å². The third-order valence-corrected chi connectivity index (χ3v) is 6.56. The van der Waals surface area contributed by atoms with Crippen LogP contribution in [-0.2, 0) is 4.74 Å². The van der Waals surface area contributed by atoms with Gasteiger partial charge in [0.25, 0.3) is 12.3 Å². The molecule has 1 saturated carbocycles. The minimum Gasteiger partial charge on any atom is -0.396 e. The van der Waals surface area contributed by atoms with Gasteiger partial charge in [0.2, 0.25) is 0 Å². The summed E-state index contributed by atoms with van der Waals surface area (Å²) in [7, 11) is 0. The maximum absolute atomic E-state index is 13.7. The number of fused-ring (bicyclic) bond motifs is 1. The molecular formula is C22H27F2N7O3. The summed E-state index contributed by atoms with van der Waals surface area (Å²) < 4.78 is 36.2. The first-order valence-corrected chi connectivity index (χ1v) is 11.5. The Morgan fingerprint density at radius 1 is 1.32 bits per heavy atom. The third kappa shape index (κ3) is 4.52. The predicted octanol–water partition coefficient (Wildman–Crippen LogP) is 2.50. The van der Waals surface area contributed by atoms with E-state index in [4.69, 9.17) is 4.74 Å². The van der Waals surface area contributed by atoms with E-state index in [1.165, 1.54) is 21.6 Å². The number of carbonyl (C=O) groups excluding carboxylic acids is 1. The number of morpholine rings is 1. The number of hydrogen-bond donors (Lipinski definition) is 3. The number of anilines is 1. The molecule has 0 spiro atoms. The van der Waals surface area contributed by atoms with Gasteiger partial charge in [-0.1, -0.05) is 0 Å². The molecule has 3 N–H and O–H groups in total. The summed E-state index contributed by atoms with van der Waals surface area (Å²) >= 11 is 0. The SMILES string of the molecule is O=C(Nc1cn([C@H]2CC[C@H](CO)CC2)nc1C(F)F)c1cnn2ccc(C3CNCCO3)nc12. The second-order valence-corrected chi connectivity index (χ2v) is 8.76. The topological polar surface area (TPSA) is 119 Å². The van der Waals surface area contributed by atoms with Crippen molar-refractivity contribution in [1.82, 2.24) is 29.7 Å². The minimum absolute atomic E-state index is 0.0281. The molecular weight excluding hydrogens is 448 g/mol. The fourth-order valence-electron chi connectivity index (χ4n) is 4.61. The standard InChI is InChI=1S/C22H27F2N7O3/c23-20(24)19-17(11-31(29-19)14-3-1-13(12-32)2-4-14)28-22(33)15-9-26-30-7-5-16(27-21(15)30)18-10-25-6-8-34-18/h5,7,9,11,13-14,18,20,25,32H,1-4,6,8,10,12H2,(H,28,33)/t13-,14-,18?. The molecule has 1 aliphatic heterocycles. The summed E-state index contributed by atoms with van der Waals surface area (Å²) in [5, 5.41) is 23.4. The molecule has 5 rings (SSSR count). The van der Waals surface area contributed by atoms with E-state index < -0.39 is 18.0 Å². The molecule has 3 aromatic rings. The van der Waals surface area contributed by atoms with Crippen molar-refractivity contribution >= 4 is 17.2 Å². The molecule has 0 aromatic carbocycles. The Labute approximate surface area is 194 Å². The molecule has 1 amide bonds. The van der Waals surface area contributed by atoms with Crippen LogP contribution < -0.4 is 10.6 Å². The van der Waals surface area contributed by atoms with E-state index in [0.29, 0.717) is 24.5 Å². The van der Waals surface area contributed by atoms with Crippen LogP contribution in [0, 0.1) is 5.92 Å². The zero-order valence-electron chi connectivity index (χ0n) is 18.5. The highest BCUT2D eigenvalue weighted by atomic mass is 19.3. The summed E-state index contributed by atoms with van der Waals surface area (Å²) in [4.78, 5) is 17.6. The van der Waals surface area contributed by atoms with Gasteiger partial charge < -0.3 is 20.5 Å². The molecule has 12 heteroatoms. The minimum atomic E-state index is -2.84. The molecule has 34 heavy (non-hydrogen) atoms. The molecule has 4 heterocycles. The highest BCUT2D eigenvalue weighted by Crippen LogP contribution is 2.34. The van der Waals surface area contributed by atoms with Crippen molar-refractivity contribution < 1.29 is 23.4 Å². The van der Waals surface area contributed by atoms with Gasteiger partial charge in [-0.05, 0) is 37.7 Å². The van der Waals surface area contributed by atoms with E-state index in [0.717, 1.165) is 32.2 Å². The molecule has 2 fully saturated rings. The van der Waals surface area contributed by atoms with E-state index in [9.17, 15) is 18.7 Å².